The van der Waals surface area contributed by atoms with Crippen LogP contribution in [0.4, 0.5) is 0 Å². The van der Waals surface area contributed by atoms with E-state index < -0.39 is 0 Å². The van der Waals surface area contributed by atoms with Crippen LogP contribution in [0.15, 0.2) is 16.8 Å². The third kappa shape index (κ3) is 4.04. The monoisotopic (exact) mass is 282 g/mol. The Bertz CT molecular complexity index is 441. The molecule has 1 aromatic heterocycles. The second-order valence-corrected chi connectivity index (χ2v) is 5.73. The molecule has 19 heavy (non-hydrogen) atoms. The summed E-state index contributed by atoms with van der Waals surface area (Å²) in [6.45, 7) is 0.982. The fourth-order valence-corrected chi connectivity index (χ4v) is 2.36. The van der Waals surface area contributed by atoms with Crippen LogP contribution in [0.5, 0.6) is 0 Å². The smallest absolute Gasteiger partial charge is 0.252 e. The minimum Gasteiger partial charge on any atom is -0.396 e. The van der Waals surface area contributed by atoms with E-state index in [9.17, 15) is 9.59 Å². The number of amides is 2. The molecule has 0 radical (unpaired) electrons. The van der Waals surface area contributed by atoms with Gasteiger partial charge in [-0.3, -0.25) is 9.59 Å². The third-order valence-corrected chi connectivity index (χ3v) is 4.06. The molecule has 0 aromatic carbocycles. The molecular weight excluding hydrogens is 264 g/mol. The lowest BCUT2D eigenvalue weighted by Crippen LogP contribution is -2.34. The number of aliphatic hydroxyl groups is 1. The maximum atomic E-state index is 11.6. The fourth-order valence-electron chi connectivity index (χ4n) is 1.73. The summed E-state index contributed by atoms with van der Waals surface area (Å²) in [6, 6.07) is 1.75. The number of rotatable bonds is 7. The molecule has 0 bridgehead atoms. The van der Waals surface area contributed by atoms with Crippen LogP contribution in [0.25, 0.3) is 0 Å². The van der Waals surface area contributed by atoms with Crippen LogP contribution in [0, 0.1) is 5.41 Å². The van der Waals surface area contributed by atoms with Crippen LogP contribution in [0.1, 0.15) is 29.6 Å². The van der Waals surface area contributed by atoms with Crippen molar-refractivity contribution in [2.45, 2.75) is 19.3 Å². The molecule has 2 amide bonds. The molecule has 1 aliphatic carbocycles. The zero-order valence-corrected chi connectivity index (χ0v) is 11.5. The first kappa shape index (κ1) is 14.0. The highest BCUT2D eigenvalue weighted by Crippen LogP contribution is 2.44. The third-order valence-electron chi connectivity index (χ3n) is 3.37. The molecule has 5 nitrogen and oxygen atoms in total. The molecule has 0 unspecified atom stereocenters. The van der Waals surface area contributed by atoms with Gasteiger partial charge in [0.25, 0.3) is 5.91 Å². The summed E-state index contributed by atoms with van der Waals surface area (Å²) < 4.78 is 0. The number of hydrogen-bond donors (Lipinski definition) is 3. The van der Waals surface area contributed by atoms with Crippen LogP contribution in [-0.2, 0) is 4.79 Å². The van der Waals surface area contributed by atoms with Crippen LogP contribution in [0.3, 0.4) is 0 Å². The Morgan fingerprint density at radius 3 is 2.74 bits per heavy atom. The van der Waals surface area contributed by atoms with E-state index >= 15 is 0 Å². The molecule has 1 aliphatic rings. The SMILES string of the molecule is O=C(CCNC(=O)c1ccsc1)NCC1(CO)CC1. The van der Waals surface area contributed by atoms with Crippen molar-refractivity contribution >= 4 is 23.2 Å². The zero-order chi connectivity index (χ0) is 13.7. The Morgan fingerprint density at radius 1 is 1.37 bits per heavy atom. The molecule has 3 N–H and O–H groups in total. The van der Waals surface area contributed by atoms with E-state index in [1.807, 2.05) is 5.38 Å². The number of carbonyl (C=O) groups is 2. The Labute approximate surface area is 116 Å². The average molecular weight is 282 g/mol. The summed E-state index contributed by atoms with van der Waals surface area (Å²) in [7, 11) is 0. The van der Waals surface area contributed by atoms with Crippen molar-refractivity contribution in [3.63, 3.8) is 0 Å². The van der Waals surface area contributed by atoms with Gasteiger partial charge < -0.3 is 15.7 Å². The van der Waals surface area contributed by atoms with Crippen molar-refractivity contribution in [1.82, 2.24) is 10.6 Å². The van der Waals surface area contributed by atoms with E-state index in [0.717, 1.165) is 12.8 Å². The molecule has 0 atom stereocenters. The zero-order valence-electron chi connectivity index (χ0n) is 10.6. The molecule has 1 saturated carbocycles. The van der Waals surface area contributed by atoms with Gasteiger partial charge >= 0.3 is 0 Å². The van der Waals surface area contributed by atoms with E-state index in [1.165, 1.54) is 11.3 Å². The molecule has 1 fully saturated rings. The number of carbonyl (C=O) groups excluding carboxylic acids is 2. The van der Waals surface area contributed by atoms with Gasteiger partial charge in [-0.2, -0.15) is 11.3 Å². The highest BCUT2D eigenvalue weighted by atomic mass is 32.1. The van der Waals surface area contributed by atoms with Crippen LogP contribution < -0.4 is 10.6 Å². The second kappa shape index (κ2) is 6.16. The first-order valence-corrected chi connectivity index (χ1v) is 7.27. The standard InChI is InChI=1S/C13H18N2O3S/c16-9-13(3-4-13)8-15-11(17)1-5-14-12(18)10-2-6-19-7-10/h2,6-7,16H,1,3-5,8-9H2,(H,14,18)(H,15,17). The first-order valence-electron chi connectivity index (χ1n) is 6.33. The lowest BCUT2D eigenvalue weighted by Gasteiger charge is -2.12. The topological polar surface area (TPSA) is 78.4 Å². The van der Waals surface area contributed by atoms with E-state index in [-0.39, 0.29) is 30.3 Å². The Balaban J connectivity index is 1.60. The number of aliphatic hydroxyl groups excluding tert-OH is 1. The lowest BCUT2D eigenvalue weighted by molar-refractivity contribution is -0.121. The molecule has 1 aromatic rings. The lowest BCUT2D eigenvalue weighted by atomic mass is 10.1. The van der Waals surface area contributed by atoms with E-state index in [2.05, 4.69) is 10.6 Å². The first-order chi connectivity index (χ1) is 9.15. The van der Waals surface area contributed by atoms with Gasteiger partial charge in [-0.15, -0.1) is 0 Å². The minimum absolute atomic E-state index is 0.0738. The van der Waals surface area contributed by atoms with Crippen LogP contribution >= 0.6 is 11.3 Å². The minimum atomic E-state index is -0.150. The Kier molecular flexibility index (Phi) is 4.55. The molecular formula is C13H18N2O3S. The van der Waals surface area contributed by atoms with Crippen molar-refractivity contribution in [3.05, 3.63) is 22.4 Å². The Morgan fingerprint density at radius 2 is 2.16 bits per heavy atom. The molecule has 0 spiro atoms. The predicted molar refractivity (Wildman–Crippen MR) is 73.0 cm³/mol. The summed E-state index contributed by atoms with van der Waals surface area (Å²) in [4.78, 5) is 23.2. The summed E-state index contributed by atoms with van der Waals surface area (Å²) >= 11 is 1.46. The normalized spacial score (nSPS) is 15.8. The van der Waals surface area contributed by atoms with Crippen molar-refractivity contribution in [2.75, 3.05) is 19.7 Å². The second-order valence-electron chi connectivity index (χ2n) is 4.95. The van der Waals surface area contributed by atoms with Gasteiger partial charge in [0.1, 0.15) is 0 Å². The molecule has 0 saturated heterocycles. The quantitative estimate of drug-likeness (QED) is 0.691. The van der Waals surface area contributed by atoms with E-state index in [4.69, 9.17) is 5.11 Å². The molecule has 0 aliphatic heterocycles. The van der Waals surface area contributed by atoms with Crippen molar-refractivity contribution in [3.8, 4) is 0 Å². The van der Waals surface area contributed by atoms with Crippen molar-refractivity contribution in [2.24, 2.45) is 5.41 Å². The van der Waals surface area contributed by atoms with E-state index in [0.29, 0.717) is 18.7 Å². The highest BCUT2D eigenvalue weighted by molar-refractivity contribution is 7.08. The average Bonchev–Trinajstić information content (AvgIpc) is 2.98. The summed E-state index contributed by atoms with van der Waals surface area (Å²) in [6.07, 6.45) is 2.20. The van der Waals surface area contributed by atoms with Gasteiger partial charge in [0.05, 0.1) is 6.61 Å². The van der Waals surface area contributed by atoms with Gasteiger partial charge in [-0.1, -0.05) is 0 Å². The predicted octanol–water partition coefficient (Wildman–Crippen LogP) is 0.757. The molecule has 1 heterocycles. The Hall–Kier alpha value is -1.40. The maximum absolute atomic E-state index is 11.6. The van der Waals surface area contributed by atoms with Crippen LogP contribution in [-0.4, -0.2) is 36.6 Å². The van der Waals surface area contributed by atoms with Gasteiger partial charge in [0, 0.05) is 35.9 Å². The number of thiophene rings is 1. The molecule has 104 valence electrons. The van der Waals surface area contributed by atoms with Gasteiger partial charge in [0.15, 0.2) is 0 Å². The molecule has 2 rings (SSSR count). The summed E-state index contributed by atoms with van der Waals surface area (Å²) in [5.74, 6) is -0.242. The van der Waals surface area contributed by atoms with Gasteiger partial charge in [-0.25, -0.2) is 0 Å². The van der Waals surface area contributed by atoms with Gasteiger partial charge in [0.2, 0.25) is 5.91 Å². The van der Waals surface area contributed by atoms with Crippen LogP contribution in [0.2, 0.25) is 0 Å². The number of hydrogen-bond acceptors (Lipinski definition) is 4. The largest absolute Gasteiger partial charge is 0.396 e. The summed E-state index contributed by atoms with van der Waals surface area (Å²) in [5, 5.41) is 18.2. The van der Waals surface area contributed by atoms with Gasteiger partial charge in [-0.05, 0) is 24.3 Å². The maximum Gasteiger partial charge on any atom is 0.252 e. The number of nitrogens with one attached hydrogen (secondary N) is 2. The molecule has 6 heteroatoms. The summed E-state index contributed by atoms with van der Waals surface area (Å²) in [5.41, 5.74) is 0.554. The van der Waals surface area contributed by atoms with Crippen molar-refractivity contribution in [1.29, 1.82) is 0 Å². The highest BCUT2D eigenvalue weighted by Gasteiger charge is 2.41. The fraction of sp³-hybridized carbons (Fsp3) is 0.538. The van der Waals surface area contributed by atoms with Crippen molar-refractivity contribution < 1.29 is 14.7 Å². The van der Waals surface area contributed by atoms with E-state index in [1.54, 1.807) is 11.4 Å².